The highest BCUT2D eigenvalue weighted by Gasteiger charge is 2.17. The van der Waals surface area contributed by atoms with Crippen molar-refractivity contribution in [3.63, 3.8) is 0 Å². The average Bonchev–Trinajstić information content (AvgIpc) is 3.15. The molecule has 146 valence electrons. The van der Waals surface area contributed by atoms with Crippen LogP contribution >= 0.6 is 11.3 Å². The highest BCUT2D eigenvalue weighted by Crippen LogP contribution is 2.29. The van der Waals surface area contributed by atoms with Crippen LogP contribution in [-0.2, 0) is 11.4 Å². The maximum Gasteiger partial charge on any atom is 0.336 e. The van der Waals surface area contributed by atoms with Gasteiger partial charge in [-0.25, -0.2) is 9.78 Å². The summed E-state index contributed by atoms with van der Waals surface area (Å²) in [6, 6.07) is 16.2. The summed E-state index contributed by atoms with van der Waals surface area (Å²) in [7, 11) is 0. The quantitative estimate of drug-likeness (QED) is 0.444. The van der Waals surface area contributed by atoms with Crippen molar-refractivity contribution in [2.45, 2.75) is 20.5 Å². The van der Waals surface area contributed by atoms with Gasteiger partial charge in [0.15, 0.2) is 5.13 Å². The molecule has 0 atom stereocenters. The van der Waals surface area contributed by atoms with Gasteiger partial charge in [-0.3, -0.25) is 9.69 Å². The van der Waals surface area contributed by atoms with Gasteiger partial charge >= 0.3 is 5.63 Å². The van der Waals surface area contributed by atoms with E-state index >= 15 is 0 Å². The molecule has 29 heavy (non-hydrogen) atoms. The van der Waals surface area contributed by atoms with Crippen LogP contribution < -0.4 is 15.3 Å². The fourth-order valence-corrected chi connectivity index (χ4v) is 3.89. The second-order valence-electron chi connectivity index (χ2n) is 6.51. The molecule has 2 aromatic carbocycles. The van der Waals surface area contributed by atoms with Crippen LogP contribution in [0.25, 0.3) is 11.0 Å². The fourth-order valence-electron chi connectivity index (χ4n) is 3.02. The number of aryl methyl sites for hydroxylation is 1. The molecule has 0 bridgehead atoms. The van der Waals surface area contributed by atoms with E-state index in [-0.39, 0.29) is 18.1 Å². The first-order valence-corrected chi connectivity index (χ1v) is 9.87. The molecule has 7 heteroatoms. The third-order valence-corrected chi connectivity index (χ3v) is 5.24. The number of amides is 1. The third-order valence-electron chi connectivity index (χ3n) is 4.37. The van der Waals surface area contributed by atoms with E-state index in [1.807, 2.05) is 54.8 Å². The molecular weight excluding hydrogens is 388 g/mol. The van der Waals surface area contributed by atoms with E-state index in [0.29, 0.717) is 22.2 Å². The van der Waals surface area contributed by atoms with E-state index in [1.54, 1.807) is 11.0 Å². The summed E-state index contributed by atoms with van der Waals surface area (Å²) in [6.07, 6.45) is 0. The summed E-state index contributed by atoms with van der Waals surface area (Å²) >= 11 is 1.38. The van der Waals surface area contributed by atoms with Gasteiger partial charge < -0.3 is 9.15 Å². The molecule has 0 spiro atoms. The Morgan fingerprint density at radius 3 is 2.72 bits per heavy atom. The van der Waals surface area contributed by atoms with E-state index < -0.39 is 0 Å². The van der Waals surface area contributed by atoms with Crippen molar-refractivity contribution in [3.05, 3.63) is 81.7 Å². The number of nitrogens with zero attached hydrogens (tertiary/aromatic N) is 2. The molecular formula is C22H18N2O4S. The molecule has 0 saturated heterocycles. The van der Waals surface area contributed by atoms with Gasteiger partial charge in [-0.15, -0.1) is 11.3 Å². The Hall–Kier alpha value is -3.45. The van der Waals surface area contributed by atoms with Gasteiger partial charge in [-0.2, -0.15) is 0 Å². The molecule has 1 amide bonds. The molecule has 4 rings (SSSR count). The van der Waals surface area contributed by atoms with E-state index in [2.05, 4.69) is 4.98 Å². The number of ether oxygens (including phenoxy) is 1. The molecule has 0 fully saturated rings. The molecule has 0 aliphatic heterocycles. The van der Waals surface area contributed by atoms with Gasteiger partial charge in [-0.05, 0) is 36.8 Å². The van der Waals surface area contributed by atoms with Crippen LogP contribution in [0.15, 0.2) is 69.2 Å². The Kier molecular flexibility index (Phi) is 5.14. The van der Waals surface area contributed by atoms with Crippen LogP contribution in [0.2, 0.25) is 0 Å². The van der Waals surface area contributed by atoms with Gasteiger partial charge in [-0.1, -0.05) is 18.2 Å². The van der Waals surface area contributed by atoms with Gasteiger partial charge in [0, 0.05) is 29.8 Å². The van der Waals surface area contributed by atoms with E-state index in [4.69, 9.17) is 9.15 Å². The van der Waals surface area contributed by atoms with E-state index in [0.717, 1.165) is 16.6 Å². The smallest absolute Gasteiger partial charge is 0.336 e. The van der Waals surface area contributed by atoms with Crippen molar-refractivity contribution in [2.24, 2.45) is 0 Å². The van der Waals surface area contributed by atoms with Crippen molar-refractivity contribution in [2.75, 3.05) is 4.90 Å². The van der Waals surface area contributed by atoms with Crippen LogP contribution in [-0.4, -0.2) is 10.9 Å². The maximum absolute atomic E-state index is 12.1. The lowest BCUT2D eigenvalue weighted by molar-refractivity contribution is -0.115. The van der Waals surface area contributed by atoms with Gasteiger partial charge in [0.25, 0.3) is 0 Å². The monoisotopic (exact) mass is 406 g/mol. The summed E-state index contributed by atoms with van der Waals surface area (Å²) in [6.45, 7) is 3.61. The van der Waals surface area contributed by atoms with Gasteiger partial charge in [0.1, 0.15) is 17.9 Å². The number of carbonyl (C=O) groups is 1. The summed E-state index contributed by atoms with van der Waals surface area (Å²) in [5, 5.41) is 3.31. The summed E-state index contributed by atoms with van der Waals surface area (Å²) in [5.74, 6) is 0.463. The standard InChI is InChI=1S/C22H18N2O4S/c1-14-10-21(26)28-20-11-18(8-9-19(14)20)27-12-16-13-29-22(23-16)24(15(2)25)17-6-4-3-5-7-17/h3-11,13H,12H2,1-2H3. The lowest BCUT2D eigenvalue weighted by atomic mass is 10.1. The van der Waals surface area contributed by atoms with Crippen LogP contribution in [0, 0.1) is 6.92 Å². The molecule has 0 aliphatic rings. The number of thiazole rings is 1. The van der Waals surface area contributed by atoms with Crippen molar-refractivity contribution < 1.29 is 13.9 Å². The molecule has 0 radical (unpaired) electrons. The predicted molar refractivity (Wildman–Crippen MR) is 113 cm³/mol. The zero-order valence-electron chi connectivity index (χ0n) is 15.9. The predicted octanol–water partition coefficient (Wildman–Crippen LogP) is 4.82. The number of fused-ring (bicyclic) bond motifs is 1. The minimum absolute atomic E-state index is 0.113. The average molecular weight is 406 g/mol. The Morgan fingerprint density at radius 1 is 1.17 bits per heavy atom. The van der Waals surface area contributed by atoms with Crippen LogP contribution in [0.5, 0.6) is 5.75 Å². The summed E-state index contributed by atoms with van der Waals surface area (Å²) in [5.41, 5.74) is 2.43. The zero-order valence-corrected chi connectivity index (χ0v) is 16.7. The molecule has 0 unspecified atom stereocenters. The van der Waals surface area contributed by atoms with Crippen LogP contribution in [0.4, 0.5) is 10.8 Å². The maximum atomic E-state index is 12.1. The highest BCUT2D eigenvalue weighted by molar-refractivity contribution is 7.14. The lowest BCUT2D eigenvalue weighted by Gasteiger charge is -2.17. The first kappa shape index (κ1) is 18.9. The minimum atomic E-state index is -0.387. The SMILES string of the molecule is CC(=O)N(c1ccccc1)c1nc(COc2ccc3c(C)cc(=O)oc3c2)cs1. The second-order valence-corrected chi connectivity index (χ2v) is 7.34. The Bertz CT molecular complexity index is 1230. The van der Waals surface area contributed by atoms with E-state index in [1.165, 1.54) is 24.3 Å². The van der Waals surface area contributed by atoms with E-state index in [9.17, 15) is 9.59 Å². The largest absolute Gasteiger partial charge is 0.487 e. The number of benzene rings is 2. The van der Waals surface area contributed by atoms with Crippen molar-refractivity contribution >= 4 is 39.0 Å². The Labute approximate surface area is 171 Å². The zero-order chi connectivity index (χ0) is 20.4. The van der Waals surface area contributed by atoms with Crippen molar-refractivity contribution in [3.8, 4) is 5.75 Å². The van der Waals surface area contributed by atoms with Gasteiger partial charge in [0.2, 0.25) is 5.91 Å². The lowest BCUT2D eigenvalue weighted by Crippen LogP contribution is -2.22. The summed E-state index contributed by atoms with van der Waals surface area (Å²) < 4.78 is 11.1. The molecule has 2 aromatic heterocycles. The second kappa shape index (κ2) is 7.89. The number of hydrogen-bond acceptors (Lipinski definition) is 6. The third kappa shape index (κ3) is 4.05. The van der Waals surface area contributed by atoms with Crippen LogP contribution in [0.3, 0.4) is 0 Å². The number of anilines is 2. The van der Waals surface area contributed by atoms with Gasteiger partial charge in [0.05, 0.1) is 11.4 Å². The molecule has 2 heterocycles. The Morgan fingerprint density at radius 2 is 1.97 bits per heavy atom. The molecule has 6 nitrogen and oxygen atoms in total. The number of rotatable bonds is 5. The topological polar surface area (TPSA) is 72.6 Å². The van der Waals surface area contributed by atoms with Crippen LogP contribution in [0.1, 0.15) is 18.2 Å². The summed E-state index contributed by atoms with van der Waals surface area (Å²) in [4.78, 5) is 29.8. The first-order chi connectivity index (χ1) is 14.0. The molecule has 0 aliphatic carbocycles. The normalized spacial score (nSPS) is 10.8. The Balaban J connectivity index is 1.53. The number of aromatic nitrogens is 1. The van der Waals surface area contributed by atoms with Crippen molar-refractivity contribution in [1.29, 1.82) is 0 Å². The van der Waals surface area contributed by atoms with Crippen molar-refractivity contribution in [1.82, 2.24) is 4.98 Å². The molecule has 4 aromatic rings. The highest BCUT2D eigenvalue weighted by atomic mass is 32.1. The first-order valence-electron chi connectivity index (χ1n) is 8.99. The fraction of sp³-hybridized carbons (Fsp3) is 0.136. The molecule has 0 N–H and O–H groups in total. The minimum Gasteiger partial charge on any atom is -0.487 e. The number of para-hydroxylation sites is 1. The number of hydrogen-bond donors (Lipinski definition) is 0. The molecule has 0 saturated carbocycles. The number of carbonyl (C=O) groups excluding carboxylic acids is 1.